The molecule has 3 rings (SSSR count). The molecule has 0 unspecified atom stereocenters. The SMILES string of the molecule is CC(C)(Oc1cc(C(F)(F)F)ccc1CN1CCN(C(=O)O)CC1)C(=O)NS(=O)(=O)C1CC1. The Kier molecular flexibility index (Phi) is 6.85. The van der Waals surface area contributed by atoms with E-state index in [1.54, 1.807) is 0 Å². The van der Waals surface area contributed by atoms with Gasteiger partial charge in [0.25, 0.3) is 5.91 Å². The Bertz CT molecular complexity index is 1020. The van der Waals surface area contributed by atoms with Crippen LogP contribution in [0.5, 0.6) is 5.75 Å². The number of alkyl halides is 3. The Morgan fingerprint density at radius 2 is 1.76 bits per heavy atom. The van der Waals surface area contributed by atoms with Crippen LogP contribution in [0.2, 0.25) is 0 Å². The van der Waals surface area contributed by atoms with Gasteiger partial charge in [-0.15, -0.1) is 0 Å². The molecule has 1 aromatic carbocycles. The number of carbonyl (C=O) groups is 2. The van der Waals surface area contributed by atoms with Gasteiger partial charge in [-0.1, -0.05) is 6.07 Å². The van der Waals surface area contributed by atoms with Crippen LogP contribution in [0.3, 0.4) is 0 Å². The number of amides is 2. The van der Waals surface area contributed by atoms with Crippen molar-refractivity contribution in [2.24, 2.45) is 0 Å². The second kappa shape index (κ2) is 9.01. The normalized spacial score (nSPS) is 18.2. The zero-order chi connectivity index (χ0) is 24.6. The first kappa shape index (κ1) is 25.1. The van der Waals surface area contributed by atoms with Crippen LogP contribution in [-0.2, 0) is 27.5 Å². The molecule has 33 heavy (non-hydrogen) atoms. The monoisotopic (exact) mass is 493 g/mol. The van der Waals surface area contributed by atoms with Gasteiger partial charge in [-0.25, -0.2) is 17.9 Å². The summed E-state index contributed by atoms with van der Waals surface area (Å²) in [5, 5.41) is 8.42. The van der Waals surface area contributed by atoms with Crippen molar-refractivity contribution in [2.75, 3.05) is 26.2 Å². The number of rotatable bonds is 7. The Morgan fingerprint density at radius 1 is 1.15 bits per heavy atom. The van der Waals surface area contributed by atoms with Gasteiger partial charge >= 0.3 is 12.3 Å². The summed E-state index contributed by atoms with van der Waals surface area (Å²) in [4.78, 5) is 26.8. The lowest BCUT2D eigenvalue weighted by Crippen LogP contribution is -2.49. The van der Waals surface area contributed by atoms with Crippen molar-refractivity contribution in [3.05, 3.63) is 29.3 Å². The van der Waals surface area contributed by atoms with E-state index in [1.165, 1.54) is 24.8 Å². The van der Waals surface area contributed by atoms with E-state index in [0.717, 1.165) is 12.1 Å². The summed E-state index contributed by atoms with van der Waals surface area (Å²) in [5.41, 5.74) is -2.39. The maximum absolute atomic E-state index is 13.3. The summed E-state index contributed by atoms with van der Waals surface area (Å²) in [6.45, 7) is 3.96. The molecule has 1 heterocycles. The average molecular weight is 494 g/mol. The van der Waals surface area contributed by atoms with E-state index < -0.39 is 44.6 Å². The highest BCUT2D eigenvalue weighted by molar-refractivity contribution is 7.90. The smallest absolute Gasteiger partial charge is 0.416 e. The standard InChI is InChI=1S/C20H26F3N3O6S/c1-19(2,17(27)24-33(30,31)15-5-6-15)32-16-11-14(20(21,22)23)4-3-13(16)12-25-7-9-26(10-8-25)18(28)29/h3-4,11,15H,5-10,12H2,1-2H3,(H,24,27)(H,28,29). The third-order valence-corrected chi connectivity index (χ3v) is 7.36. The van der Waals surface area contributed by atoms with Crippen molar-refractivity contribution < 1.29 is 41.0 Å². The quantitative estimate of drug-likeness (QED) is 0.599. The van der Waals surface area contributed by atoms with Crippen LogP contribution in [0.15, 0.2) is 18.2 Å². The molecule has 2 fully saturated rings. The molecular formula is C20H26F3N3O6S. The van der Waals surface area contributed by atoms with Gasteiger partial charge < -0.3 is 14.7 Å². The largest absolute Gasteiger partial charge is 0.478 e. The van der Waals surface area contributed by atoms with E-state index in [2.05, 4.69) is 0 Å². The van der Waals surface area contributed by atoms with Crippen LogP contribution in [0, 0.1) is 0 Å². The van der Waals surface area contributed by atoms with E-state index in [1.807, 2.05) is 9.62 Å². The Labute approximate surface area is 189 Å². The number of halogens is 3. The van der Waals surface area contributed by atoms with Gasteiger partial charge in [-0.3, -0.25) is 9.69 Å². The highest BCUT2D eigenvalue weighted by Gasteiger charge is 2.41. The fourth-order valence-electron chi connectivity index (χ4n) is 3.33. The summed E-state index contributed by atoms with van der Waals surface area (Å²) in [6.07, 6.45) is -4.80. The van der Waals surface area contributed by atoms with E-state index in [0.29, 0.717) is 31.5 Å². The topological polar surface area (TPSA) is 116 Å². The molecule has 9 nitrogen and oxygen atoms in total. The van der Waals surface area contributed by atoms with Crippen LogP contribution in [0.25, 0.3) is 0 Å². The molecule has 1 saturated heterocycles. The predicted molar refractivity (Wildman–Crippen MR) is 111 cm³/mol. The molecule has 2 aliphatic rings. The number of carbonyl (C=O) groups excluding carboxylic acids is 1. The molecule has 0 radical (unpaired) electrons. The molecular weight excluding hydrogens is 467 g/mol. The van der Waals surface area contributed by atoms with Gasteiger partial charge in [0, 0.05) is 38.3 Å². The van der Waals surface area contributed by atoms with Crippen LogP contribution in [-0.4, -0.2) is 72.4 Å². The highest BCUT2D eigenvalue weighted by atomic mass is 32.2. The molecule has 0 aromatic heterocycles. The number of nitrogens with zero attached hydrogens (tertiary/aromatic N) is 2. The number of hydrogen-bond acceptors (Lipinski definition) is 6. The maximum atomic E-state index is 13.3. The molecule has 1 aromatic rings. The van der Waals surface area contributed by atoms with E-state index in [9.17, 15) is 31.2 Å². The third-order valence-electron chi connectivity index (χ3n) is 5.54. The minimum absolute atomic E-state index is 0.166. The second-order valence-electron chi connectivity index (χ2n) is 8.65. The summed E-state index contributed by atoms with van der Waals surface area (Å²) in [5.74, 6) is -1.18. The van der Waals surface area contributed by atoms with Crippen LogP contribution < -0.4 is 9.46 Å². The molecule has 2 N–H and O–H groups in total. The number of sulfonamides is 1. The van der Waals surface area contributed by atoms with Gasteiger partial charge in [-0.05, 0) is 38.8 Å². The third kappa shape index (κ3) is 6.28. The van der Waals surface area contributed by atoms with Gasteiger partial charge in [-0.2, -0.15) is 13.2 Å². The molecule has 1 saturated carbocycles. The van der Waals surface area contributed by atoms with Crippen molar-refractivity contribution in [1.82, 2.24) is 14.5 Å². The summed E-state index contributed by atoms with van der Waals surface area (Å²) < 4.78 is 71.7. The number of carboxylic acid groups (broad SMARTS) is 1. The van der Waals surface area contributed by atoms with Gasteiger partial charge in [0.05, 0.1) is 10.8 Å². The predicted octanol–water partition coefficient (Wildman–Crippen LogP) is 2.27. The van der Waals surface area contributed by atoms with E-state index in [-0.39, 0.29) is 25.4 Å². The van der Waals surface area contributed by atoms with Gasteiger partial charge in [0.1, 0.15) is 5.75 Å². The minimum Gasteiger partial charge on any atom is -0.478 e. The number of ether oxygens (including phenoxy) is 1. The lowest BCUT2D eigenvalue weighted by molar-refractivity contribution is -0.137. The van der Waals surface area contributed by atoms with E-state index in [4.69, 9.17) is 9.84 Å². The fraction of sp³-hybridized carbons (Fsp3) is 0.600. The molecule has 184 valence electrons. The first-order valence-electron chi connectivity index (χ1n) is 10.3. The zero-order valence-corrected chi connectivity index (χ0v) is 19.0. The number of nitrogens with one attached hydrogen (secondary N) is 1. The highest BCUT2D eigenvalue weighted by Crippen LogP contribution is 2.35. The fourth-order valence-corrected chi connectivity index (χ4v) is 4.76. The minimum atomic E-state index is -4.65. The lowest BCUT2D eigenvalue weighted by Gasteiger charge is -2.34. The van der Waals surface area contributed by atoms with Crippen molar-refractivity contribution >= 4 is 22.0 Å². The molecule has 2 amide bonds. The number of benzene rings is 1. The molecule has 0 spiro atoms. The first-order valence-corrected chi connectivity index (χ1v) is 11.9. The van der Waals surface area contributed by atoms with Gasteiger partial charge in [0.15, 0.2) is 5.60 Å². The summed E-state index contributed by atoms with van der Waals surface area (Å²) in [6, 6.07) is 2.93. The molecule has 0 bridgehead atoms. The Hall–Kier alpha value is -2.54. The zero-order valence-electron chi connectivity index (χ0n) is 18.2. The molecule has 0 atom stereocenters. The number of hydrogen-bond donors (Lipinski definition) is 2. The van der Waals surface area contributed by atoms with Gasteiger partial charge in [0.2, 0.25) is 10.0 Å². The Morgan fingerprint density at radius 3 is 2.27 bits per heavy atom. The summed E-state index contributed by atoms with van der Waals surface area (Å²) in [7, 11) is -3.86. The van der Waals surface area contributed by atoms with Crippen LogP contribution in [0.4, 0.5) is 18.0 Å². The second-order valence-corrected chi connectivity index (χ2v) is 10.6. The van der Waals surface area contributed by atoms with Crippen LogP contribution >= 0.6 is 0 Å². The molecule has 1 aliphatic heterocycles. The van der Waals surface area contributed by atoms with Crippen molar-refractivity contribution in [2.45, 2.75) is 50.3 Å². The molecule has 1 aliphatic carbocycles. The molecule has 13 heteroatoms. The lowest BCUT2D eigenvalue weighted by atomic mass is 10.1. The van der Waals surface area contributed by atoms with Crippen molar-refractivity contribution in [3.63, 3.8) is 0 Å². The van der Waals surface area contributed by atoms with E-state index >= 15 is 0 Å². The first-order chi connectivity index (χ1) is 15.2. The van der Waals surface area contributed by atoms with Crippen molar-refractivity contribution in [1.29, 1.82) is 0 Å². The van der Waals surface area contributed by atoms with Crippen molar-refractivity contribution in [3.8, 4) is 5.75 Å². The van der Waals surface area contributed by atoms with Crippen LogP contribution in [0.1, 0.15) is 37.8 Å². The maximum Gasteiger partial charge on any atom is 0.416 e. The summed E-state index contributed by atoms with van der Waals surface area (Å²) >= 11 is 0. The average Bonchev–Trinajstić information content (AvgIpc) is 3.54. The Balaban J connectivity index is 1.80. The number of piperazine rings is 1.